The van der Waals surface area contributed by atoms with Crippen LogP contribution in [0.3, 0.4) is 0 Å². The van der Waals surface area contributed by atoms with Gasteiger partial charge in [0, 0.05) is 11.5 Å². The minimum Gasteiger partial charge on any atom is -0.478 e. The van der Waals surface area contributed by atoms with E-state index >= 15 is 0 Å². The molecule has 0 aromatic heterocycles. The number of benzene rings is 1. The maximum atomic E-state index is 10.8. The van der Waals surface area contributed by atoms with Gasteiger partial charge in [-0.15, -0.1) is 0 Å². The summed E-state index contributed by atoms with van der Waals surface area (Å²) >= 11 is 0. The molecule has 7 nitrogen and oxygen atoms in total. The van der Waals surface area contributed by atoms with Gasteiger partial charge in [-0.1, -0.05) is 32.6 Å². The number of aliphatic hydroxyl groups excluding tert-OH is 2. The molecule has 0 unspecified atom stereocenters. The van der Waals surface area contributed by atoms with E-state index in [1.807, 2.05) is 0 Å². The van der Waals surface area contributed by atoms with Crippen molar-refractivity contribution in [2.45, 2.75) is 13.8 Å². The summed E-state index contributed by atoms with van der Waals surface area (Å²) in [7, 11) is 0. The van der Waals surface area contributed by atoms with Crippen molar-refractivity contribution < 1.29 is 34.4 Å². The highest BCUT2D eigenvalue weighted by atomic mass is 16.6. The molecule has 23 heavy (non-hydrogen) atoms. The number of carboxylic acids is 1. The lowest BCUT2D eigenvalue weighted by atomic mass is 9.97. The van der Waals surface area contributed by atoms with Crippen molar-refractivity contribution in [3.05, 3.63) is 48.0 Å². The molecule has 0 spiro atoms. The molecule has 126 valence electrons. The molecule has 7 heteroatoms. The molecule has 1 heterocycles. The lowest BCUT2D eigenvalue weighted by Crippen LogP contribution is -2.20. The third-order valence-electron chi connectivity index (χ3n) is 2.58. The lowest BCUT2D eigenvalue weighted by molar-refractivity contribution is -0.131. The zero-order valence-corrected chi connectivity index (χ0v) is 13.0. The van der Waals surface area contributed by atoms with E-state index in [2.05, 4.69) is 11.3 Å². The second-order valence-electron chi connectivity index (χ2n) is 5.25. The van der Waals surface area contributed by atoms with Crippen LogP contribution in [0.2, 0.25) is 0 Å². The molecule has 2 rings (SSSR count). The fourth-order valence-corrected chi connectivity index (χ4v) is 1.08. The van der Waals surface area contributed by atoms with E-state index in [4.69, 9.17) is 15.3 Å². The summed E-state index contributed by atoms with van der Waals surface area (Å²) in [5.74, 6) is -2.08. The summed E-state index contributed by atoms with van der Waals surface area (Å²) in [6.07, 6.45) is 0.833. The Morgan fingerprint density at radius 2 is 1.48 bits per heavy atom. The van der Waals surface area contributed by atoms with Crippen LogP contribution in [0.25, 0.3) is 0 Å². The smallest absolute Gasteiger partial charge is 0.346 e. The number of ether oxygens (including phenoxy) is 1. The van der Waals surface area contributed by atoms with E-state index in [0.717, 1.165) is 6.08 Å². The van der Waals surface area contributed by atoms with Gasteiger partial charge in [0.2, 0.25) is 0 Å². The Labute approximate surface area is 133 Å². The predicted octanol–water partition coefficient (Wildman–Crippen LogP) is 1.25. The normalized spacial score (nSPS) is 12.0. The first kappa shape index (κ1) is 20.5. The molecule has 0 amide bonds. The molecule has 1 aliphatic heterocycles. The van der Waals surface area contributed by atoms with Crippen molar-refractivity contribution in [2.24, 2.45) is 5.41 Å². The molecule has 0 fully saturated rings. The van der Waals surface area contributed by atoms with Gasteiger partial charge in [0.1, 0.15) is 0 Å². The van der Waals surface area contributed by atoms with Gasteiger partial charge in [-0.3, -0.25) is 0 Å². The average molecular weight is 324 g/mol. The molecule has 3 N–H and O–H groups in total. The van der Waals surface area contributed by atoms with Gasteiger partial charge < -0.3 is 20.1 Å². The SMILES string of the molecule is C=CC(=O)O.CC(C)(CO)CO.O=C1OC(=O)c2ccccc21. The van der Waals surface area contributed by atoms with Gasteiger partial charge in [0.25, 0.3) is 0 Å². The molecule has 0 saturated heterocycles. The van der Waals surface area contributed by atoms with Gasteiger partial charge >= 0.3 is 17.9 Å². The molecular formula is C16H20O7. The van der Waals surface area contributed by atoms with Gasteiger partial charge in [-0.05, 0) is 12.1 Å². The molecule has 1 aliphatic rings. The summed E-state index contributed by atoms with van der Waals surface area (Å²) in [6, 6.07) is 6.53. The summed E-state index contributed by atoms with van der Waals surface area (Å²) < 4.78 is 4.35. The third kappa shape index (κ3) is 7.35. The number of carbonyl (C=O) groups is 3. The molecule has 0 radical (unpaired) electrons. The number of esters is 2. The molecule has 1 aromatic rings. The van der Waals surface area contributed by atoms with E-state index in [1.165, 1.54) is 0 Å². The van der Waals surface area contributed by atoms with E-state index in [1.54, 1.807) is 38.1 Å². The third-order valence-corrected chi connectivity index (χ3v) is 2.58. The minimum atomic E-state index is -0.981. The van der Waals surface area contributed by atoms with Gasteiger partial charge in [0.15, 0.2) is 0 Å². The number of fused-ring (bicyclic) bond motifs is 1. The highest BCUT2D eigenvalue weighted by molar-refractivity contribution is 6.14. The van der Waals surface area contributed by atoms with Gasteiger partial charge in [-0.2, -0.15) is 0 Å². The number of hydrogen-bond acceptors (Lipinski definition) is 6. The summed E-state index contributed by atoms with van der Waals surface area (Å²) in [4.78, 5) is 30.9. The quantitative estimate of drug-likeness (QED) is 0.434. The van der Waals surface area contributed by atoms with Gasteiger partial charge in [0.05, 0.1) is 24.3 Å². The standard InChI is InChI=1S/C8H4O3.C5H12O2.C3H4O2/c9-7-5-3-1-2-4-6(5)8(10)11-7;1-5(2,3-6)4-7;1-2-3(4)5/h1-4H;6-7H,3-4H2,1-2H3;2H,1H2,(H,4,5). The highest BCUT2D eigenvalue weighted by Crippen LogP contribution is 2.18. The van der Waals surface area contributed by atoms with Crippen molar-refractivity contribution in [3.63, 3.8) is 0 Å². The Morgan fingerprint density at radius 3 is 1.70 bits per heavy atom. The topological polar surface area (TPSA) is 121 Å². The first-order chi connectivity index (χ1) is 10.7. The van der Waals surface area contributed by atoms with Crippen molar-refractivity contribution in [1.82, 2.24) is 0 Å². The Hall–Kier alpha value is -2.51. The summed E-state index contributed by atoms with van der Waals surface area (Å²) in [5, 5.41) is 24.5. The van der Waals surface area contributed by atoms with Crippen LogP contribution in [0.15, 0.2) is 36.9 Å². The maximum Gasteiger partial charge on any atom is 0.346 e. The van der Waals surface area contributed by atoms with Crippen LogP contribution >= 0.6 is 0 Å². The number of aliphatic hydroxyl groups is 2. The zero-order valence-electron chi connectivity index (χ0n) is 13.0. The fraction of sp³-hybridized carbons (Fsp3) is 0.312. The van der Waals surface area contributed by atoms with E-state index in [0.29, 0.717) is 11.1 Å². The number of carbonyl (C=O) groups excluding carboxylic acids is 2. The minimum absolute atomic E-state index is 0.0451. The monoisotopic (exact) mass is 324 g/mol. The molecule has 0 atom stereocenters. The first-order valence-electron chi connectivity index (χ1n) is 6.61. The molecular weight excluding hydrogens is 304 g/mol. The van der Waals surface area contributed by atoms with Crippen molar-refractivity contribution >= 4 is 17.9 Å². The number of cyclic esters (lactones) is 2. The Balaban J connectivity index is 0.000000351. The zero-order chi connectivity index (χ0) is 18.0. The Kier molecular flexibility index (Phi) is 8.46. The number of rotatable bonds is 3. The van der Waals surface area contributed by atoms with Crippen LogP contribution in [0.5, 0.6) is 0 Å². The largest absolute Gasteiger partial charge is 0.478 e. The van der Waals surface area contributed by atoms with Crippen molar-refractivity contribution in [3.8, 4) is 0 Å². The van der Waals surface area contributed by atoms with Crippen LogP contribution in [-0.4, -0.2) is 46.4 Å². The lowest BCUT2D eigenvalue weighted by Gasteiger charge is -2.16. The molecule has 0 bridgehead atoms. The number of carboxylic acid groups (broad SMARTS) is 1. The van der Waals surface area contributed by atoms with Crippen LogP contribution in [0.4, 0.5) is 0 Å². The van der Waals surface area contributed by atoms with Crippen LogP contribution in [-0.2, 0) is 9.53 Å². The van der Waals surface area contributed by atoms with Crippen molar-refractivity contribution in [1.29, 1.82) is 0 Å². The average Bonchev–Trinajstić information content (AvgIpc) is 2.84. The Bertz CT molecular complexity index is 537. The van der Waals surface area contributed by atoms with E-state index < -0.39 is 17.9 Å². The highest BCUT2D eigenvalue weighted by Gasteiger charge is 2.28. The van der Waals surface area contributed by atoms with E-state index in [-0.39, 0.29) is 18.6 Å². The second-order valence-corrected chi connectivity index (χ2v) is 5.25. The Morgan fingerprint density at radius 1 is 1.13 bits per heavy atom. The molecule has 0 aliphatic carbocycles. The summed E-state index contributed by atoms with van der Waals surface area (Å²) in [6.45, 7) is 6.65. The number of hydrogen-bond donors (Lipinski definition) is 3. The second kappa shape index (κ2) is 9.50. The van der Waals surface area contributed by atoms with Crippen molar-refractivity contribution in [2.75, 3.05) is 13.2 Å². The maximum absolute atomic E-state index is 10.8. The number of aliphatic carboxylic acids is 1. The van der Waals surface area contributed by atoms with Crippen LogP contribution in [0.1, 0.15) is 34.6 Å². The molecule has 0 saturated carbocycles. The molecule has 1 aromatic carbocycles. The first-order valence-corrected chi connectivity index (χ1v) is 6.61. The van der Waals surface area contributed by atoms with E-state index in [9.17, 15) is 14.4 Å². The summed E-state index contributed by atoms with van der Waals surface area (Å²) in [5.41, 5.74) is 0.412. The van der Waals surface area contributed by atoms with Gasteiger partial charge in [-0.25, -0.2) is 14.4 Å². The van der Waals surface area contributed by atoms with Crippen LogP contribution < -0.4 is 0 Å². The van der Waals surface area contributed by atoms with Crippen LogP contribution in [0, 0.1) is 5.41 Å². The fourth-order valence-electron chi connectivity index (χ4n) is 1.08. The predicted molar refractivity (Wildman–Crippen MR) is 82.0 cm³/mol.